The highest BCUT2D eigenvalue weighted by atomic mass is 16.3. The molecule has 1 aliphatic rings. The van der Waals surface area contributed by atoms with E-state index in [4.69, 9.17) is 0 Å². The number of β-amino-alcohol motifs (C(OH)–C–C–N with tert-alkyl or cyclic N) is 1. The zero-order valence-electron chi connectivity index (χ0n) is 10.2. The van der Waals surface area contributed by atoms with Gasteiger partial charge in [-0.15, -0.1) is 0 Å². The van der Waals surface area contributed by atoms with Crippen LogP contribution in [0.15, 0.2) is 24.3 Å². The molecule has 1 N–H and O–H groups in total. The molecule has 1 heterocycles. The molecule has 1 fully saturated rings. The van der Waals surface area contributed by atoms with Crippen LogP contribution < -0.4 is 0 Å². The van der Waals surface area contributed by atoms with Gasteiger partial charge in [0.15, 0.2) is 0 Å². The second-order valence-corrected chi connectivity index (χ2v) is 4.89. The first-order chi connectivity index (χ1) is 7.65. The van der Waals surface area contributed by atoms with E-state index in [0.29, 0.717) is 0 Å². The molecule has 0 bridgehead atoms. The van der Waals surface area contributed by atoms with E-state index in [-0.39, 0.29) is 0 Å². The molecule has 1 aliphatic heterocycles. The molecule has 88 valence electrons. The zero-order valence-corrected chi connectivity index (χ0v) is 10.2. The standard InChI is InChI=1S/C14H21NO/c1-3-12-5-7-13(8-6-12)9-15-10-14(16,4-2)11-15/h5-8,16H,3-4,9-11H2,1-2H3. The zero-order chi connectivity index (χ0) is 11.6. The van der Waals surface area contributed by atoms with Gasteiger partial charge in [-0.1, -0.05) is 38.1 Å². The quantitative estimate of drug-likeness (QED) is 0.839. The van der Waals surface area contributed by atoms with E-state index in [1.165, 1.54) is 11.1 Å². The number of nitrogens with zero attached hydrogens (tertiary/aromatic N) is 1. The second kappa shape index (κ2) is 4.56. The summed E-state index contributed by atoms with van der Waals surface area (Å²) in [7, 11) is 0. The van der Waals surface area contributed by atoms with Crippen LogP contribution >= 0.6 is 0 Å². The van der Waals surface area contributed by atoms with Gasteiger partial charge < -0.3 is 5.11 Å². The Morgan fingerprint density at radius 2 is 1.69 bits per heavy atom. The van der Waals surface area contributed by atoms with Gasteiger partial charge in [0.2, 0.25) is 0 Å². The van der Waals surface area contributed by atoms with E-state index < -0.39 is 5.60 Å². The minimum absolute atomic E-state index is 0.413. The van der Waals surface area contributed by atoms with Crippen LogP contribution in [0.4, 0.5) is 0 Å². The fourth-order valence-electron chi connectivity index (χ4n) is 2.26. The fraction of sp³-hybridized carbons (Fsp3) is 0.571. The lowest BCUT2D eigenvalue weighted by Gasteiger charge is -2.46. The highest BCUT2D eigenvalue weighted by molar-refractivity contribution is 5.22. The molecule has 0 atom stereocenters. The lowest BCUT2D eigenvalue weighted by Crippen LogP contribution is -2.60. The lowest BCUT2D eigenvalue weighted by atomic mass is 9.91. The summed E-state index contributed by atoms with van der Waals surface area (Å²) in [5.41, 5.74) is 2.32. The van der Waals surface area contributed by atoms with Gasteiger partial charge in [0.05, 0.1) is 5.60 Å². The SMILES string of the molecule is CCc1ccc(CN2CC(O)(CC)C2)cc1. The van der Waals surface area contributed by atoms with Crippen LogP contribution in [0.25, 0.3) is 0 Å². The molecule has 0 amide bonds. The first kappa shape index (κ1) is 11.6. The third-order valence-electron chi connectivity index (χ3n) is 3.53. The molecule has 0 spiro atoms. The van der Waals surface area contributed by atoms with E-state index in [9.17, 15) is 5.11 Å². The van der Waals surface area contributed by atoms with E-state index in [1.807, 2.05) is 6.92 Å². The van der Waals surface area contributed by atoms with Crippen molar-refractivity contribution in [3.05, 3.63) is 35.4 Å². The Kier molecular flexibility index (Phi) is 3.31. The summed E-state index contributed by atoms with van der Waals surface area (Å²) in [6.45, 7) is 6.82. The smallest absolute Gasteiger partial charge is 0.0897 e. The van der Waals surface area contributed by atoms with Crippen molar-refractivity contribution in [2.45, 2.75) is 38.8 Å². The van der Waals surface area contributed by atoms with E-state index in [2.05, 4.69) is 36.1 Å². The number of hydrogen-bond donors (Lipinski definition) is 1. The molecule has 0 radical (unpaired) electrons. The summed E-state index contributed by atoms with van der Waals surface area (Å²) in [4.78, 5) is 2.30. The third kappa shape index (κ3) is 2.45. The topological polar surface area (TPSA) is 23.5 Å². The average Bonchev–Trinajstić information content (AvgIpc) is 2.28. The molecule has 0 unspecified atom stereocenters. The van der Waals surface area contributed by atoms with Crippen molar-refractivity contribution in [3.63, 3.8) is 0 Å². The lowest BCUT2D eigenvalue weighted by molar-refractivity contribution is -0.103. The molecular formula is C14H21NO. The predicted molar refractivity (Wildman–Crippen MR) is 66.3 cm³/mol. The van der Waals surface area contributed by atoms with Crippen LogP contribution in [0, 0.1) is 0 Å². The van der Waals surface area contributed by atoms with Gasteiger partial charge >= 0.3 is 0 Å². The second-order valence-electron chi connectivity index (χ2n) is 4.89. The minimum atomic E-state index is -0.413. The van der Waals surface area contributed by atoms with Gasteiger partial charge in [0.25, 0.3) is 0 Å². The number of likely N-dealkylation sites (tertiary alicyclic amines) is 1. The van der Waals surface area contributed by atoms with Gasteiger partial charge in [-0.3, -0.25) is 4.90 Å². The highest BCUT2D eigenvalue weighted by Gasteiger charge is 2.38. The summed E-state index contributed by atoms with van der Waals surface area (Å²) in [6, 6.07) is 8.78. The summed E-state index contributed by atoms with van der Waals surface area (Å²) < 4.78 is 0. The molecule has 0 saturated carbocycles. The van der Waals surface area contributed by atoms with Crippen molar-refractivity contribution in [1.29, 1.82) is 0 Å². The number of rotatable bonds is 4. The predicted octanol–water partition coefficient (Wildman–Crippen LogP) is 2.21. The monoisotopic (exact) mass is 219 g/mol. The third-order valence-corrected chi connectivity index (χ3v) is 3.53. The Balaban J connectivity index is 1.87. The van der Waals surface area contributed by atoms with E-state index in [1.54, 1.807) is 0 Å². The van der Waals surface area contributed by atoms with E-state index in [0.717, 1.165) is 32.5 Å². The van der Waals surface area contributed by atoms with Crippen LogP contribution in [0.5, 0.6) is 0 Å². The molecule has 2 rings (SSSR count). The van der Waals surface area contributed by atoms with Crippen molar-refractivity contribution in [2.75, 3.05) is 13.1 Å². The first-order valence-electron chi connectivity index (χ1n) is 6.18. The molecule has 1 saturated heterocycles. The molecule has 16 heavy (non-hydrogen) atoms. The number of benzene rings is 1. The van der Waals surface area contributed by atoms with Crippen molar-refractivity contribution >= 4 is 0 Å². The maximum atomic E-state index is 9.91. The van der Waals surface area contributed by atoms with Gasteiger partial charge in [-0.25, -0.2) is 0 Å². The Bertz CT molecular complexity index is 338. The summed E-state index contributed by atoms with van der Waals surface area (Å²) >= 11 is 0. The minimum Gasteiger partial charge on any atom is -0.387 e. The van der Waals surface area contributed by atoms with Gasteiger partial charge in [-0.2, -0.15) is 0 Å². The van der Waals surface area contributed by atoms with Crippen molar-refractivity contribution in [1.82, 2.24) is 4.90 Å². The summed E-state index contributed by atoms with van der Waals surface area (Å²) in [6.07, 6.45) is 1.96. The molecule has 0 aromatic heterocycles. The molecule has 1 aromatic rings. The van der Waals surface area contributed by atoms with Crippen molar-refractivity contribution in [3.8, 4) is 0 Å². The molecule has 1 aromatic carbocycles. The van der Waals surface area contributed by atoms with Crippen LogP contribution in [0.2, 0.25) is 0 Å². The molecule has 0 aliphatic carbocycles. The average molecular weight is 219 g/mol. The van der Waals surface area contributed by atoms with E-state index >= 15 is 0 Å². The molecule has 2 nitrogen and oxygen atoms in total. The highest BCUT2D eigenvalue weighted by Crippen LogP contribution is 2.25. The Morgan fingerprint density at radius 1 is 1.12 bits per heavy atom. The largest absolute Gasteiger partial charge is 0.387 e. The maximum Gasteiger partial charge on any atom is 0.0897 e. The normalized spacial score (nSPS) is 19.4. The van der Waals surface area contributed by atoms with Crippen LogP contribution in [0.1, 0.15) is 31.4 Å². The van der Waals surface area contributed by atoms with Gasteiger partial charge in [-0.05, 0) is 24.0 Å². The van der Waals surface area contributed by atoms with Crippen molar-refractivity contribution in [2.24, 2.45) is 0 Å². The number of hydrogen-bond acceptors (Lipinski definition) is 2. The summed E-state index contributed by atoms with van der Waals surface area (Å²) in [5, 5.41) is 9.91. The Labute approximate surface area is 97.9 Å². The number of aliphatic hydroxyl groups is 1. The summed E-state index contributed by atoms with van der Waals surface area (Å²) in [5.74, 6) is 0. The fourth-order valence-corrected chi connectivity index (χ4v) is 2.26. The van der Waals surface area contributed by atoms with Gasteiger partial charge in [0, 0.05) is 19.6 Å². The Hall–Kier alpha value is -0.860. The molecular weight excluding hydrogens is 198 g/mol. The van der Waals surface area contributed by atoms with Crippen LogP contribution in [-0.4, -0.2) is 28.7 Å². The van der Waals surface area contributed by atoms with Gasteiger partial charge in [0.1, 0.15) is 0 Å². The maximum absolute atomic E-state index is 9.91. The first-order valence-corrected chi connectivity index (χ1v) is 6.18. The Morgan fingerprint density at radius 3 is 2.19 bits per heavy atom. The molecule has 2 heteroatoms. The van der Waals surface area contributed by atoms with Crippen LogP contribution in [-0.2, 0) is 13.0 Å². The van der Waals surface area contributed by atoms with Crippen LogP contribution in [0.3, 0.4) is 0 Å². The number of aryl methyl sites for hydroxylation is 1. The van der Waals surface area contributed by atoms with Crippen molar-refractivity contribution < 1.29 is 5.11 Å².